The Morgan fingerprint density at radius 3 is 2.33 bits per heavy atom. The standard InChI is InChI=1S/C23H36O4/c1-17(2)20(24)27-23-12-18-9-19(13-23)11-22(10-18,14-23)26-8-6-4-5-7-21(3)15-25-16-21/h18-19H,1,4-16H2,2-3H3. The van der Waals surface area contributed by atoms with Crippen molar-refractivity contribution in [1.82, 2.24) is 0 Å². The maximum atomic E-state index is 12.2. The van der Waals surface area contributed by atoms with Crippen LogP contribution in [0.15, 0.2) is 12.2 Å². The SMILES string of the molecule is C=C(C)C(=O)OC12CC3CC(CC(OCCCCCC4(C)COC4)(C3)C1)C2. The molecule has 27 heavy (non-hydrogen) atoms. The molecule has 0 aromatic heterocycles. The first kappa shape index (κ1) is 19.4. The molecule has 0 amide bonds. The van der Waals surface area contributed by atoms with Crippen molar-refractivity contribution in [3.63, 3.8) is 0 Å². The van der Waals surface area contributed by atoms with Crippen LogP contribution in [0.25, 0.3) is 0 Å². The highest BCUT2D eigenvalue weighted by Gasteiger charge is 2.60. The van der Waals surface area contributed by atoms with Crippen LogP contribution in [0.1, 0.15) is 78.1 Å². The van der Waals surface area contributed by atoms with E-state index < -0.39 is 0 Å². The molecule has 0 radical (unpaired) electrons. The predicted octanol–water partition coefficient (Wildman–Crippen LogP) is 4.81. The Morgan fingerprint density at radius 2 is 1.74 bits per heavy atom. The summed E-state index contributed by atoms with van der Waals surface area (Å²) in [4.78, 5) is 12.2. The van der Waals surface area contributed by atoms with Gasteiger partial charge >= 0.3 is 5.97 Å². The zero-order valence-electron chi connectivity index (χ0n) is 17.2. The van der Waals surface area contributed by atoms with E-state index in [0.717, 1.165) is 58.3 Å². The lowest BCUT2D eigenvalue weighted by Crippen LogP contribution is -2.61. The van der Waals surface area contributed by atoms with Gasteiger partial charge in [-0.1, -0.05) is 26.3 Å². The van der Waals surface area contributed by atoms with Crippen LogP contribution in [0.5, 0.6) is 0 Å². The minimum Gasteiger partial charge on any atom is -0.456 e. The zero-order valence-corrected chi connectivity index (χ0v) is 17.2. The smallest absolute Gasteiger partial charge is 0.333 e. The molecule has 2 atom stereocenters. The minimum atomic E-state index is -0.293. The van der Waals surface area contributed by atoms with Crippen LogP contribution in [0.3, 0.4) is 0 Å². The molecule has 4 saturated carbocycles. The molecule has 0 N–H and O–H groups in total. The molecular formula is C23H36O4. The summed E-state index contributed by atoms with van der Waals surface area (Å²) in [7, 11) is 0. The van der Waals surface area contributed by atoms with Gasteiger partial charge in [0, 0.05) is 24.0 Å². The highest BCUT2D eigenvalue weighted by molar-refractivity contribution is 5.87. The van der Waals surface area contributed by atoms with Gasteiger partial charge in [-0.2, -0.15) is 0 Å². The summed E-state index contributed by atoms with van der Waals surface area (Å²) in [5.74, 6) is 1.09. The van der Waals surface area contributed by atoms with Crippen LogP contribution in [-0.2, 0) is 19.0 Å². The molecule has 0 spiro atoms. The van der Waals surface area contributed by atoms with Crippen molar-refractivity contribution in [2.24, 2.45) is 17.3 Å². The Balaban J connectivity index is 1.27. The van der Waals surface area contributed by atoms with Gasteiger partial charge in [-0.15, -0.1) is 0 Å². The molecule has 5 rings (SSSR count). The Hall–Kier alpha value is -0.870. The van der Waals surface area contributed by atoms with Crippen molar-refractivity contribution >= 4 is 5.97 Å². The molecule has 0 aromatic rings. The first-order chi connectivity index (χ1) is 12.8. The number of unbranched alkanes of at least 4 members (excludes halogenated alkanes) is 2. The minimum absolute atomic E-state index is 0.0484. The third-order valence-corrected chi connectivity index (χ3v) is 7.35. The van der Waals surface area contributed by atoms with Crippen molar-refractivity contribution in [2.45, 2.75) is 89.3 Å². The van der Waals surface area contributed by atoms with Crippen LogP contribution in [-0.4, -0.2) is 37.0 Å². The molecule has 1 aliphatic heterocycles. The van der Waals surface area contributed by atoms with Crippen molar-refractivity contribution in [3.8, 4) is 0 Å². The Morgan fingerprint density at radius 1 is 1.07 bits per heavy atom. The maximum absolute atomic E-state index is 12.2. The zero-order chi connectivity index (χ0) is 19.1. The van der Waals surface area contributed by atoms with E-state index in [1.165, 1.54) is 25.7 Å². The van der Waals surface area contributed by atoms with Crippen LogP contribution in [0.4, 0.5) is 0 Å². The molecule has 4 nitrogen and oxygen atoms in total. The molecule has 5 aliphatic rings. The molecule has 0 aromatic carbocycles. The number of ether oxygens (including phenoxy) is 3. The lowest BCUT2D eigenvalue weighted by Gasteiger charge is -2.60. The fourth-order valence-electron chi connectivity index (χ4n) is 6.38. The average molecular weight is 377 g/mol. The van der Waals surface area contributed by atoms with E-state index in [-0.39, 0.29) is 17.2 Å². The number of rotatable bonds is 9. The van der Waals surface area contributed by atoms with Gasteiger partial charge in [0.2, 0.25) is 0 Å². The molecule has 1 saturated heterocycles. The predicted molar refractivity (Wildman–Crippen MR) is 104 cm³/mol. The summed E-state index contributed by atoms with van der Waals surface area (Å²) < 4.78 is 17.9. The van der Waals surface area contributed by atoms with E-state index in [1.54, 1.807) is 6.92 Å². The number of carbonyl (C=O) groups excluding carboxylic acids is 1. The Bertz CT molecular complexity index is 577. The van der Waals surface area contributed by atoms with Gasteiger partial charge in [-0.3, -0.25) is 0 Å². The molecule has 4 bridgehead atoms. The monoisotopic (exact) mass is 376 g/mol. The van der Waals surface area contributed by atoms with E-state index in [1.807, 2.05) is 0 Å². The van der Waals surface area contributed by atoms with Crippen LogP contribution in [0, 0.1) is 17.3 Å². The fraction of sp³-hybridized carbons (Fsp3) is 0.870. The number of esters is 1. The molecule has 2 unspecified atom stereocenters. The van der Waals surface area contributed by atoms with Crippen LogP contribution in [0.2, 0.25) is 0 Å². The van der Waals surface area contributed by atoms with Gasteiger partial charge in [0.1, 0.15) is 5.60 Å². The average Bonchev–Trinajstić information content (AvgIpc) is 2.54. The van der Waals surface area contributed by atoms with Gasteiger partial charge in [0.05, 0.1) is 18.8 Å². The van der Waals surface area contributed by atoms with Crippen molar-refractivity contribution in [3.05, 3.63) is 12.2 Å². The van der Waals surface area contributed by atoms with E-state index in [4.69, 9.17) is 14.2 Å². The topological polar surface area (TPSA) is 44.8 Å². The highest BCUT2D eigenvalue weighted by Crippen LogP contribution is 2.60. The normalized spacial score (nSPS) is 38.4. The number of carbonyl (C=O) groups is 1. The quantitative estimate of drug-likeness (QED) is 0.329. The third-order valence-electron chi connectivity index (χ3n) is 7.35. The molecular weight excluding hydrogens is 340 g/mol. The molecule has 152 valence electrons. The highest BCUT2D eigenvalue weighted by atomic mass is 16.6. The fourth-order valence-corrected chi connectivity index (χ4v) is 6.38. The van der Waals surface area contributed by atoms with Crippen molar-refractivity contribution in [2.75, 3.05) is 19.8 Å². The summed E-state index contributed by atoms with van der Waals surface area (Å²) in [5, 5.41) is 0. The first-order valence-electron chi connectivity index (χ1n) is 10.9. The largest absolute Gasteiger partial charge is 0.456 e. The maximum Gasteiger partial charge on any atom is 0.333 e. The first-order valence-corrected chi connectivity index (χ1v) is 10.9. The number of hydrogen-bond donors (Lipinski definition) is 0. The third kappa shape index (κ3) is 4.12. The van der Waals surface area contributed by atoms with E-state index in [9.17, 15) is 4.79 Å². The van der Waals surface area contributed by atoms with E-state index >= 15 is 0 Å². The second kappa shape index (κ2) is 7.18. The van der Waals surface area contributed by atoms with E-state index in [2.05, 4.69) is 13.5 Å². The Labute approximate surface area is 164 Å². The van der Waals surface area contributed by atoms with Gasteiger partial charge in [0.25, 0.3) is 0 Å². The molecule has 1 heterocycles. The van der Waals surface area contributed by atoms with Gasteiger partial charge < -0.3 is 14.2 Å². The molecule has 4 aliphatic carbocycles. The summed E-state index contributed by atoms with van der Waals surface area (Å²) in [5.41, 5.74) is 0.596. The van der Waals surface area contributed by atoms with Crippen molar-refractivity contribution in [1.29, 1.82) is 0 Å². The van der Waals surface area contributed by atoms with E-state index in [0.29, 0.717) is 22.8 Å². The van der Waals surface area contributed by atoms with Crippen LogP contribution >= 0.6 is 0 Å². The Kier molecular flexibility index (Phi) is 5.17. The number of hydrogen-bond acceptors (Lipinski definition) is 4. The lowest BCUT2D eigenvalue weighted by atomic mass is 9.52. The second-order valence-corrected chi connectivity index (χ2v) is 10.5. The summed E-state index contributed by atoms with van der Waals surface area (Å²) in [6.45, 7) is 10.5. The lowest BCUT2D eigenvalue weighted by molar-refractivity contribution is -0.232. The van der Waals surface area contributed by atoms with Gasteiger partial charge in [-0.25, -0.2) is 4.79 Å². The summed E-state index contributed by atoms with van der Waals surface area (Å²) in [6.07, 6.45) is 11.4. The summed E-state index contributed by atoms with van der Waals surface area (Å²) in [6, 6.07) is 0. The van der Waals surface area contributed by atoms with Crippen molar-refractivity contribution < 1.29 is 19.0 Å². The molecule has 5 fully saturated rings. The summed E-state index contributed by atoms with van der Waals surface area (Å²) >= 11 is 0. The molecule has 4 heteroatoms. The van der Waals surface area contributed by atoms with Crippen LogP contribution < -0.4 is 0 Å². The van der Waals surface area contributed by atoms with Gasteiger partial charge in [-0.05, 0) is 63.7 Å². The van der Waals surface area contributed by atoms with Gasteiger partial charge in [0.15, 0.2) is 0 Å². The second-order valence-electron chi connectivity index (χ2n) is 10.5.